The van der Waals surface area contributed by atoms with Gasteiger partial charge in [-0.1, -0.05) is 6.07 Å². The second-order valence-electron chi connectivity index (χ2n) is 3.56. The van der Waals surface area contributed by atoms with Crippen LogP contribution in [0.1, 0.15) is 12.0 Å². The predicted octanol–water partition coefficient (Wildman–Crippen LogP) is 0.645. The maximum atomic E-state index is 10.5. The summed E-state index contributed by atoms with van der Waals surface area (Å²) in [5.41, 5.74) is 5.47. The molecule has 0 bridgehead atoms. The number of carboxylic acid groups (broad SMARTS) is 1. The minimum absolute atomic E-state index is 0.178. The van der Waals surface area contributed by atoms with Crippen molar-refractivity contribution in [1.82, 2.24) is 0 Å². The first-order valence-electron chi connectivity index (χ1n) is 4.86. The molecule has 1 aromatic rings. The first-order valence-corrected chi connectivity index (χ1v) is 4.86. The molecule has 1 unspecified atom stereocenters. The molecule has 1 rings (SSSR count). The molecule has 0 aliphatic rings. The van der Waals surface area contributed by atoms with E-state index in [0.717, 1.165) is 0 Å². The first kappa shape index (κ1) is 12.9. The van der Waals surface area contributed by atoms with Crippen molar-refractivity contribution in [3.8, 4) is 5.75 Å². The summed E-state index contributed by atoms with van der Waals surface area (Å²) in [6.07, 6.45) is 0.478. The van der Waals surface area contributed by atoms with Gasteiger partial charge in [0, 0.05) is 6.07 Å². The van der Waals surface area contributed by atoms with E-state index >= 15 is 0 Å². The number of nitro groups is 1. The summed E-state index contributed by atoms with van der Waals surface area (Å²) < 4.78 is 0. The number of aromatic hydroxyl groups is 1. The number of nitrogens with two attached hydrogens (primary N) is 1. The van der Waals surface area contributed by atoms with Crippen LogP contribution in [0.3, 0.4) is 0 Å². The van der Waals surface area contributed by atoms with Crippen molar-refractivity contribution in [3.05, 3.63) is 33.9 Å². The molecular weight excluding hydrogens is 228 g/mol. The Morgan fingerprint density at radius 1 is 1.53 bits per heavy atom. The lowest BCUT2D eigenvalue weighted by molar-refractivity contribution is -0.385. The third-order valence-electron chi connectivity index (χ3n) is 2.30. The molecule has 7 heteroatoms. The number of aryl methyl sites for hydroxylation is 1. The molecule has 0 saturated carbocycles. The number of hydrogen-bond acceptors (Lipinski definition) is 5. The number of nitrogens with zero attached hydrogens (tertiary/aromatic N) is 1. The monoisotopic (exact) mass is 240 g/mol. The first-order chi connectivity index (χ1) is 7.91. The Labute approximate surface area is 96.6 Å². The highest BCUT2D eigenvalue weighted by Gasteiger charge is 2.15. The summed E-state index contributed by atoms with van der Waals surface area (Å²) >= 11 is 0. The van der Waals surface area contributed by atoms with E-state index in [1.54, 1.807) is 0 Å². The van der Waals surface area contributed by atoms with E-state index in [-0.39, 0.29) is 6.42 Å². The van der Waals surface area contributed by atoms with Crippen LogP contribution in [-0.4, -0.2) is 27.1 Å². The zero-order valence-corrected chi connectivity index (χ0v) is 8.87. The number of carboxylic acids is 1. The summed E-state index contributed by atoms with van der Waals surface area (Å²) in [5, 5.41) is 28.3. The maximum Gasteiger partial charge on any atom is 0.320 e. The molecule has 0 radical (unpaired) electrons. The number of carbonyl (C=O) groups is 1. The van der Waals surface area contributed by atoms with Gasteiger partial charge in [0.05, 0.1) is 4.92 Å². The van der Waals surface area contributed by atoms with Crippen LogP contribution in [0.15, 0.2) is 18.2 Å². The second kappa shape index (κ2) is 5.26. The smallest absolute Gasteiger partial charge is 0.320 e. The van der Waals surface area contributed by atoms with Crippen LogP contribution in [0.5, 0.6) is 5.75 Å². The highest BCUT2D eigenvalue weighted by atomic mass is 16.6. The van der Waals surface area contributed by atoms with Gasteiger partial charge in [-0.05, 0) is 24.5 Å². The van der Waals surface area contributed by atoms with Gasteiger partial charge >= 0.3 is 11.7 Å². The Balaban J connectivity index is 2.76. The Morgan fingerprint density at radius 2 is 2.18 bits per heavy atom. The van der Waals surface area contributed by atoms with Gasteiger partial charge in [-0.3, -0.25) is 14.9 Å². The molecule has 1 aromatic carbocycles. The molecule has 0 aromatic heterocycles. The van der Waals surface area contributed by atoms with Crippen LogP contribution in [0, 0.1) is 10.1 Å². The van der Waals surface area contributed by atoms with Gasteiger partial charge in [0.2, 0.25) is 0 Å². The average Bonchev–Trinajstić information content (AvgIpc) is 2.26. The lowest BCUT2D eigenvalue weighted by Crippen LogP contribution is -2.30. The normalized spacial score (nSPS) is 12.1. The molecule has 0 aliphatic carbocycles. The number of nitro benzene ring substituents is 1. The van der Waals surface area contributed by atoms with Gasteiger partial charge in [-0.25, -0.2) is 0 Å². The molecule has 0 aliphatic heterocycles. The third kappa shape index (κ3) is 3.42. The van der Waals surface area contributed by atoms with Gasteiger partial charge in [0.25, 0.3) is 0 Å². The van der Waals surface area contributed by atoms with Crippen molar-refractivity contribution in [1.29, 1.82) is 0 Å². The number of phenols is 1. The number of phenolic OH excluding ortho intramolecular Hbond substituents is 1. The van der Waals surface area contributed by atoms with E-state index in [4.69, 9.17) is 10.8 Å². The largest absolute Gasteiger partial charge is 0.502 e. The van der Waals surface area contributed by atoms with Crippen LogP contribution in [0.25, 0.3) is 0 Å². The van der Waals surface area contributed by atoms with Crippen molar-refractivity contribution in [2.75, 3.05) is 0 Å². The Hall–Kier alpha value is -2.15. The molecule has 1 atom stereocenters. The summed E-state index contributed by atoms with van der Waals surface area (Å²) in [6, 6.07) is 2.92. The highest BCUT2D eigenvalue weighted by molar-refractivity contribution is 5.73. The van der Waals surface area contributed by atoms with Crippen LogP contribution < -0.4 is 5.73 Å². The molecule has 4 N–H and O–H groups in total. The quantitative estimate of drug-likeness (QED) is 0.512. The fourth-order valence-corrected chi connectivity index (χ4v) is 1.32. The van der Waals surface area contributed by atoms with E-state index in [9.17, 15) is 20.0 Å². The summed E-state index contributed by atoms with van der Waals surface area (Å²) in [5.74, 6) is -1.53. The minimum atomic E-state index is -1.11. The summed E-state index contributed by atoms with van der Waals surface area (Å²) in [7, 11) is 0. The summed E-state index contributed by atoms with van der Waals surface area (Å²) in [4.78, 5) is 20.3. The van der Waals surface area contributed by atoms with Crippen LogP contribution >= 0.6 is 0 Å². The number of aliphatic carboxylic acids is 1. The Morgan fingerprint density at radius 3 is 2.71 bits per heavy atom. The lowest BCUT2D eigenvalue weighted by atomic mass is 10.0. The van der Waals surface area contributed by atoms with Crippen LogP contribution in [0.4, 0.5) is 5.69 Å². The van der Waals surface area contributed by atoms with E-state index in [2.05, 4.69) is 0 Å². The van der Waals surface area contributed by atoms with Crippen molar-refractivity contribution in [2.45, 2.75) is 18.9 Å². The second-order valence-corrected chi connectivity index (χ2v) is 3.56. The van der Waals surface area contributed by atoms with Gasteiger partial charge in [0.1, 0.15) is 6.04 Å². The summed E-state index contributed by atoms with van der Waals surface area (Å²) in [6.45, 7) is 0. The van der Waals surface area contributed by atoms with Gasteiger partial charge < -0.3 is 15.9 Å². The van der Waals surface area contributed by atoms with Gasteiger partial charge in [-0.2, -0.15) is 0 Å². The number of rotatable bonds is 5. The van der Waals surface area contributed by atoms with Crippen molar-refractivity contribution in [2.24, 2.45) is 5.73 Å². The molecule has 7 nitrogen and oxygen atoms in total. The van der Waals surface area contributed by atoms with E-state index in [0.29, 0.717) is 12.0 Å². The number of benzene rings is 1. The van der Waals surface area contributed by atoms with E-state index < -0.39 is 28.4 Å². The van der Waals surface area contributed by atoms with Crippen LogP contribution in [-0.2, 0) is 11.2 Å². The topological polar surface area (TPSA) is 127 Å². The number of hydrogen-bond donors (Lipinski definition) is 3. The Bertz CT molecular complexity index is 446. The molecule has 0 heterocycles. The molecule has 0 fully saturated rings. The fourth-order valence-electron chi connectivity index (χ4n) is 1.32. The highest BCUT2D eigenvalue weighted by Crippen LogP contribution is 2.26. The van der Waals surface area contributed by atoms with Gasteiger partial charge in [-0.15, -0.1) is 0 Å². The standard InChI is InChI=1S/C10H12N2O5/c11-7(10(14)15)3-1-6-2-4-9(13)8(5-6)12(16)17/h2,4-5,7,13H,1,3,11H2,(H,14,15). The predicted molar refractivity (Wildman–Crippen MR) is 58.7 cm³/mol. The molecule has 0 saturated heterocycles. The molecular formula is C10H12N2O5. The van der Waals surface area contributed by atoms with Crippen molar-refractivity contribution in [3.63, 3.8) is 0 Å². The zero-order valence-electron chi connectivity index (χ0n) is 8.87. The fraction of sp³-hybridized carbons (Fsp3) is 0.300. The van der Waals surface area contributed by atoms with E-state index in [1.807, 2.05) is 0 Å². The molecule has 92 valence electrons. The molecule has 0 spiro atoms. The lowest BCUT2D eigenvalue weighted by Gasteiger charge is -2.06. The average molecular weight is 240 g/mol. The van der Waals surface area contributed by atoms with Crippen molar-refractivity contribution < 1.29 is 19.9 Å². The van der Waals surface area contributed by atoms with E-state index in [1.165, 1.54) is 18.2 Å². The van der Waals surface area contributed by atoms with Crippen LogP contribution in [0.2, 0.25) is 0 Å². The Kier molecular flexibility index (Phi) is 4.00. The minimum Gasteiger partial charge on any atom is -0.502 e. The SMILES string of the molecule is NC(CCc1ccc(O)c([N+](=O)[O-])c1)C(=O)O. The maximum absolute atomic E-state index is 10.5. The molecule has 0 amide bonds. The third-order valence-corrected chi connectivity index (χ3v) is 2.30. The zero-order chi connectivity index (χ0) is 13.0. The molecule has 17 heavy (non-hydrogen) atoms. The van der Waals surface area contributed by atoms with Crippen molar-refractivity contribution >= 4 is 11.7 Å². The van der Waals surface area contributed by atoms with Gasteiger partial charge in [0.15, 0.2) is 5.75 Å².